The van der Waals surface area contributed by atoms with Gasteiger partial charge in [0.2, 0.25) is 0 Å². The lowest BCUT2D eigenvalue weighted by atomic mass is 10.1. The highest BCUT2D eigenvalue weighted by Crippen LogP contribution is 2.36. The maximum atomic E-state index is 12.9. The molecule has 1 aliphatic heterocycles. The molecule has 0 radical (unpaired) electrons. The summed E-state index contributed by atoms with van der Waals surface area (Å²) < 4.78 is 6.93. The number of hydrogen-bond donors (Lipinski definition) is 2. The number of aliphatic hydroxyl groups is 1. The van der Waals surface area contributed by atoms with Gasteiger partial charge < -0.3 is 19.7 Å². The SMILES string of the molecule is Cc1cc(=O)c2c(N[C@@H]3COC[C@H]3O)ncc(Cl)c2n1-c1c(Cl)cc(C#N)cc1Cl. The highest BCUT2D eigenvalue weighted by molar-refractivity contribution is 6.39. The minimum Gasteiger partial charge on any atom is -0.388 e. The van der Waals surface area contributed by atoms with E-state index in [-0.39, 0.29) is 44.9 Å². The molecule has 154 valence electrons. The average molecular weight is 466 g/mol. The zero-order valence-electron chi connectivity index (χ0n) is 15.6. The number of nitrogens with zero attached hydrogens (tertiary/aromatic N) is 3. The van der Waals surface area contributed by atoms with Crippen molar-refractivity contribution < 1.29 is 9.84 Å². The maximum absolute atomic E-state index is 12.9. The van der Waals surface area contributed by atoms with Crippen LogP contribution in [0.1, 0.15) is 11.3 Å². The van der Waals surface area contributed by atoms with E-state index in [1.807, 2.05) is 6.07 Å². The number of halogens is 3. The summed E-state index contributed by atoms with van der Waals surface area (Å²) in [6, 6.07) is 6.00. The number of nitrogens with one attached hydrogen (secondary N) is 1. The quantitative estimate of drug-likeness (QED) is 0.612. The minimum atomic E-state index is -0.729. The van der Waals surface area contributed by atoms with Gasteiger partial charge in [-0.05, 0) is 19.1 Å². The van der Waals surface area contributed by atoms with E-state index in [0.29, 0.717) is 22.5 Å². The van der Waals surface area contributed by atoms with Crippen LogP contribution < -0.4 is 10.7 Å². The molecule has 1 aromatic carbocycles. The van der Waals surface area contributed by atoms with Gasteiger partial charge in [0.15, 0.2) is 5.43 Å². The highest BCUT2D eigenvalue weighted by Gasteiger charge is 2.28. The lowest BCUT2D eigenvalue weighted by Gasteiger charge is -2.21. The van der Waals surface area contributed by atoms with Gasteiger partial charge in [0.1, 0.15) is 5.82 Å². The van der Waals surface area contributed by atoms with Crippen LogP contribution in [-0.2, 0) is 4.74 Å². The predicted molar refractivity (Wildman–Crippen MR) is 116 cm³/mol. The first-order valence-corrected chi connectivity index (χ1v) is 10.1. The summed E-state index contributed by atoms with van der Waals surface area (Å²) in [7, 11) is 0. The molecule has 1 fully saturated rings. The van der Waals surface area contributed by atoms with E-state index < -0.39 is 12.1 Å². The molecule has 30 heavy (non-hydrogen) atoms. The van der Waals surface area contributed by atoms with E-state index in [1.54, 1.807) is 11.5 Å². The Balaban J connectivity index is 2.02. The van der Waals surface area contributed by atoms with Gasteiger partial charge in [-0.25, -0.2) is 4.98 Å². The molecule has 1 aliphatic rings. The van der Waals surface area contributed by atoms with E-state index in [4.69, 9.17) is 44.8 Å². The summed E-state index contributed by atoms with van der Waals surface area (Å²) in [5.41, 5.74) is 1.31. The van der Waals surface area contributed by atoms with Crippen molar-refractivity contribution in [2.75, 3.05) is 18.5 Å². The molecule has 3 aromatic rings. The van der Waals surface area contributed by atoms with Gasteiger partial charge in [-0.3, -0.25) is 4.79 Å². The second-order valence-electron chi connectivity index (χ2n) is 6.92. The largest absolute Gasteiger partial charge is 0.388 e. The first-order valence-electron chi connectivity index (χ1n) is 8.94. The fraction of sp³-hybridized carbons (Fsp3) is 0.250. The minimum absolute atomic E-state index is 0.197. The topological polar surface area (TPSA) is 100 Å². The number of fused-ring (bicyclic) bond motifs is 1. The monoisotopic (exact) mass is 464 g/mol. The molecule has 7 nitrogen and oxygen atoms in total. The van der Waals surface area contributed by atoms with Gasteiger partial charge in [0.25, 0.3) is 0 Å². The molecule has 0 saturated carbocycles. The number of benzene rings is 1. The van der Waals surface area contributed by atoms with Gasteiger partial charge in [-0.1, -0.05) is 34.8 Å². The van der Waals surface area contributed by atoms with Crippen LogP contribution in [0.2, 0.25) is 15.1 Å². The summed E-state index contributed by atoms with van der Waals surface area (Å²) in [6.07, 6.45) is 0.683. The van der Waals surface area contributed by atoms with Crippen LogP contribution in [0, 0.1) is 18.3 Å². The second-order valence-corrected chi connectivity index (χ2v) is 8.14. The summed E-state index contributed by atoms with van der Waals surface area (Å²) in [4.78, 5) is 17.2. The Morgan fingerprint density at radius 3 is 2.53 bits per heavy atom. The van der Waals surface area contributed by atoms with Crippen molar-refractivity contribution in [1.82, 2.24) is 9.55 Å². The second kappa shape index (κ2) is 8.06. The molecule has 2 N–H and O–H groups in total. The number of aromatic nitrogens is 2. The van der Waals surface area contributed by atoms with E-state index in [9.17, 15) is 9.90 Å². The van der Waals surface area contributed by atoms with Gasteiger partial charge in [0.05, 0.1) is 74.8 Å². The summed E-state index contributed by atoms with van der Waals surface area (Å²) in [5.74, 6) is 0.267. The van der Waals surface area contributed by atoms with Crippen molar-refractivity contribution in [2.24, 2.45) is 0 Å². The predicted octanol–water partition coefficient (Wildman–Crippen LogP) is 3.70. The molecule has 0 amide bonds. The van der Waals surface area contributed by atoms with Crippen LogP contribution in [0.3, 0.4) is 0 Å². The number of aliphatic hydroxyl groups excluding tert-OH is 1. The van der Waals surface area contributed by atoms with Crippen LogP contribution in [-0.4, -0.2) is 40.0 Å². The third kappa shape index (κ3) is 3.51. The van der Waals surface area contributed by atoms with Crippen molar-refractivity contribution in [3.05, 3.63) is 60.9 Å². The molecular weight excluding hydrogens is 451 g/mol. The molecule has 2 aromatic heterocycles. The van der Waals surface area contributed by atoms with Crippen molar-refractivity contribution in [3.8, 4) is 11.8 Å². The third-order valence-corrected chi connectivity index (χ3v) is 5.76. The Morgan fingerprint density at radius 1 is 1.23 bits per heavy atom. The molecule has 0 unspecified atom stereocenters. The molecular formula is C20H15Cl3N4O3. The Bertz CT molecular complexity index is 1250. The van der Waals surface area contributed by atoms with Crippen LogP contribution in [0.4, 0.5) is 5.82 Å². The number of aryl methyl sites for hydroxylation is 1. The number of ether oxygens (including phenoxy) is 1. The van der Waals surface area contributed by atoms with Crippen molar-refractivity contribution in [2.45, 2.75) is 19.1 Å². The van der Waals surface area contributed by atoms with Crippen molar-refractivity contribution in [1.29, 1.82) is 5.26 Å². The van der Waals surface area contributed by atoms with Gasteiger partial charge in [-0.2, -0.15) is 5.26 Å². The van der Waals surface area contributed by atoms with E-state index in [2.05, 4.69) is 10.3 Å². The summed E-state index contributed by atoms with van der Waals surface area (Å²) >= 11 is 19.4. The van der Waals surface area contributed by atoms with E-state index in [0.717, 1.165) is 0 Å². The summed E-state index contributed by atoms with van der Waals surface area (Å²) in [6.45, 7) is 2.20. The molecule has 2 atom stereocenters. The van der Waals surface area contributed by atoms with E-state index >= 15 is 0 Å². The van der Waals surface area contributed by atoms with Gasteiger partial charge in [0, 0.05) is 11.8 Å². The maximum Gasteiger partial charge on any atom is 0.193 e. The van der Waals surface area contributed by atoms with Crippen LogP contribution >= 0.6 is 34.8 Å². The van der Waals surface area contributed by atoms with Crippen LogP contribution in [0.15, 0.2) is 29.2 Å². The number of rotatable bonds is 3. The Kier molecular flexibility index (Phi) is 5.62. The molecule has 0 bridgehead atoms. The first kappa shape index (κ1) is 20.9. The first-order chi connectivity index (χ1) is 14.3. The standard InChI is InChI=1S/C20H15Cl3N4O3/c1-9-2-15(28)17-19(27(9)18-11(21)3-10(5-24)4-12(18)22)13(23)6-25-20(17)26-14-7-30-8-16(14)29/h2-4,6,14,16,29H,7-8H2,1H3,(H,25,26)/t14-,16-/m1/s1. The van der Waals surface area contributed by atoms with Crippen LogP contribution in [0.5, 0.6) is 0 Å². The van der Waals surface area contributed by atoms with E-state index in [1.165, 1.54) is 24.4 Å². The summed E-state index contributed by atoms with van der Waals surface area (Å²) in [5, 5.41) is 23.2. The molecule has 4 rings (SSSR count). The Hall–Kier alpha value is -2.34. The fourth-order valence-corrected chi connectivity index (χ4v) is 4.41. The number of pyridine rings is 2. The lowest BCUT2D eigenvalue weighted by Crippen LogP contribution is -2.32. The normalized spacial score (nSPS) is 18.5. The molecule has 0 aliphatic carbocycles. The molecule has 10 heteroatoms. The number of nitriles is 1. The Labute approximate surface area is 186 Å². The Morgan fingerprint density at radius 2 is 1.93 bits per heavy atom. The van der Waals surface area contributed by atoms with Gasteiger partial charge in [-0.15, -0.1) is 0 Å². The zero-order valence-corrected chi connectivity index (χ0v) is 17.9. The smallest absolute Gasteiger partial charge is 0.193 e. The molecule has 0 spiro atoms. The fourth-order valence-electron chi connectivity index (χ4n) is 3.53. The lowest BCUT2D eigenvalue weighted by molar-refractivity contribution is 0.125. The number of hydrogen-bond acceptors (Lipinski definition) is 6. The number of anilines is 1. The molecule has 3 heterocycles. The van der Waals surface area contributed by atoms with Crippen LogP contribution in [0.25, 0.3) is 16.6 Å². The average Bonchev–Trinajstić information content (AvgIpc) is 3.09. The highest BCUT2D eigenvalue weighted by atomic mass is 35.5. The van der Waals surface area contributed by atoms with Crippen molar-refractivity contribution >= 4 is 51.5 Å². The third-order valence-electron chi connectivity index (χ3n) is 4.91. The van der Waals surface area contributed by atoms with Crippen molar-refractivity contribution in [3.63, 3.8) is 0 Å². The molecule has 1 saturated heterocycles. The zero-order chi connectivity index (χ0) is 21.6. The van der Waals surface area contributed by atoms with Gasteiger partial charge >= 0.3 is 0 Å².